The average molecular weight is 258 g/mol. The van der Waals surface area contributed by atoms with Gasteiger partial charge in [0.1, 0.15) is 0 Å². The Balaban J connectivity index is 2.82. The van der Waals surface area contributed by atoms with Crippen LogP contribution in [0.2, 0.25) is 0 Å². The first-order valence-corrected chi connectivity index (χ1v) is 6.42. The summed E-state index contributed by atoms with van der Waals surface area (Å²) in [5.41, 5.74) is 5.19. The van der Waals surface area contributed by atoms with Crippen molar-refractivity contribution >= 4 is 23.1 Å². The lowest BCUT2D eigenvalue weighted by Crippen LogP contribution is -2.51. The number of carbonyl (C=O) groups is 1. The summed E-state index contributed by atoms with van der Waals surface area (Å²) in [6, 6.07) is 0.0410. The molecule has 1 aliphatic carbocycles. The number of methoxy groups -OCH3 is 1. The van der Waals surface area contributed by atoms with Crippen molar-refractivity contribution in [2.75, 3.05) is 20.8 Å². The molecule has 0 aromatic carbocycles. The lowest BCUT2D eigenvalue weighted by Gasteiger charge is -2.34. The Kier molecular flexibility index (Phi) is 4.89. The second kappa shape index (κ2) is 5.78. The number of rotatable bonds is 5. The molecule has 1 amide bonds. The molecule has 17 heavy (non-hydrogen) atoms. The first-order valence-electron chi connectivity index (χ1n) is 6.02. The summed E-state index contributed by atoms with van der Waals surface area (Å²) in [4.78, 5) is 14.6. The maximum atomic E-state index is 12.5. The van der Waals surface area contributed by atoms with Gasteiger partial charge in [-0.05, 0) is 19.8 Å². The molecule has 0 radical (unpaired) electrons. The average Bonchev–Trinajstić information content (AvgIpc) is 2.77. The first-order chi connectivity index (χ1) is 7.95. The van der Waals surface area contributed by atoms with Crippen molar-refractivity contribution in [2.24, 2.45) is 11.1 Å². The lowest BCUT2D eigenvalue weighted by atomic mass is 9.84. The number of thiocarbonyl (C=S) groups is 1. The molecule has 1 saturated carbocycles. The van der Waals surface area contributed by atoms with Gasteiger partial charge in [-0.1, -0.05) is 25.1 Å². The van der Waals surface area contributed by atoms with Gasteiger partial charge < -0.3 is 15.4 Å². The van der Waals surface area contributed by atoms with E-state index in [2.05, 4.69) is 0 Å². The van der Waals surface area contributed by atoms with Crippen LogP contribution in [0.4, 0.5) is 0 Å². The van der Waals surface area contributed by atoms with Crippen LogP contribution in [0.3, 0.4) is 0 Å². The molecular formula is C12H22N2O2S. The van der Waals surface area contributed by atoms with Crippen LogP contribution < -0.4 is 5.73 Å². The van der Waals surface area contributed by atoms with Gasteiger partial charge in [-0.15, -0.1) is 0 Å². The van der Waals surface area contributed by atoms with Crippen molar-refractivity contribution < 1.29 is 9.53 Å². The molecule has 4 nitrogen and oxygen atoms in total. The molecule has 0 aliphatic heterocycles. The largest absolute Gasteiger partial charge is 0.392 e. The SMILES string of the molecule is COCC(C)N(C)C(=O)C1(C(N)=S)CCCC1. The molecule has 0 aromatic rings. The molecule has 0 bridgehead atoms. The number of hydrogen-bond donors (Lipinski definition) is 1. The van der Waals surface area contributed by atoms with Crippen molar-refractivity contribution in [2.45, 2.75) is 38.6 Å². The Morgan fingerprint density at radius 2 is 2.06 bits per heavy atom. The molecule has 1 fully saturated rings. The molecule has 1 unspecified atom stereocenters. The van der Waals surface area contributed by atoms with E-state index in [-0.39, 0.29) is 11.9 Å². The van der Waals surface area contributed by atoms with E-state index < -0.39 is 5.41 Å². The maximum Gasteiger partial charge on any atom is 0.235 e. The van der Waals surface area contributed by atoms with Crippen LogP contribution >= 0.6 is 12.2 Å². The molecule has 1 rings (SSSR count). The molecule has 0 spiro atoms. The predicted molar refractivity (Wildman–Crippen MR) is 71.8 cm³/mol. The standard InChI is InChI=1S/C12H22N2O2S/c1-9(8-16-3)14(2)11(15)12(10(13)17)6-4-5-7-12/h9H,4-8H2,1-3H3,(H2,13,17). The highest BCUT2D eigenvalue weighted by molar-refractivity contribution is 7.80. The Morgan fingerprint density at radius 3 is 2.47 bits per heavy atom. The highest BCUT2D eigenvalue weighted by Gasteiger charge is 2.46. The number of hydrogen-bond acceptors (Lipinski definition) is 3. The summed E-state index contributed by atoms with van der Waals surface area (Å²) in [6.07, 6.45) is 3.61. The zero-order valence-electron chi connectivity index (χ0n) is 10.9. The maximum absolute atomic E-state index is 12.5. The number of amides is 1. The third-order valence-corrected chi connectivity index (χ3v) is 4.12. The number of carbonyl (C=O) groups excluding carboxylic acids is 1. The highest BCUT2D eigenvalue weighted by atomic mass is 32.1. The first kappa shape index (κ1) is 14.4. The van der Waals surface area contributed by atoms with E-state index >= 15 is 0 Å². The summed E-state index contributed by atoms with van der Waals surface area (Å²) in [5.74, 6) is 0.0482. The Labute approximate surface area is 108 Å². The minimum Gasteiger partial charge on any atom is -0.392 e. The van der Waals surface area contributed by atoms with Crippen LogP contribution in [0, 0.1) is 5.41 Å². The number of ether oxygens (including phenoxy) is 1. The van der Waals surface area contributed by atoms with Gasteiger partial charge in [0.25, 0.3) is 0 Å². The fourth-order valence-corrected chi connectivity index (χ4v) is 2.73. The van der Waals surface area contributed by atoms with Crippen molar-refractivity contribution in [3.05, 3.63) is 0 Å². The van der Waals surface area contributed by atoms with E-state index in [0.717, 1.165) is 25.7 Å². The number of likely N-dealkylation sites (N-methyl/N-ethyl adjacent to an activating group) is 1. The smallest absolute Gasteiger partial charge is 0.235 e. The molecule has 5 heteroatoms. The van der Waals surface area contributed by atoms with Crippen LogP contribution in [-0.4, -0.2) is 42.6 Å². The van der Waals surface area contributed by atoms with Gasteiger partial charge in [-0.3, -0.25) is 4.79 Å². The van der Waals surface area contributed by atoms with E-state index in [9.17, 15) is 4.79 Å². The Morgan fingerprint density at radius 1 is 1.53 bits per heavy atom. The van der Waals surface area contributed by atoms with Gasteiger partial charge in [-0.2, -0.15) is 0 Å². The minimum atomic E-state index is -0.605. The molecule has 0 heterocycles. The van der Waals surface area contributed by atoms with E-state index in [1.807, 2.05) is 6.92 Å². The fraction of sp³-hybridized carbons (Fsp3) is 0.833. The van der Waals surface area contributed by atoms with Gasteiger partial charge in [0.05, 0.1) is 23.1 Å². The van der Waals surface area contributed by atoms with Crippen LogP contribution in [-0.2, 0) is 9.53 Å². The minimum absolute atomic E-state index is 0.0410. The molecule has 2 N–H and O–H groups in total. The summed E-state index contributed by atoms with van der Waals surface area (Å²) in [6.45, 7) is 2.49. The summed E-state index contributed by atoms with van der Waals surface area (Å²) < 4.78 is 5.07. The quantitative estimate of drug-likeness (QED) is 0.756. The van der Waals surface area contributed by atoms with E-state index in [0.29, 0.717) is 11.6 Å². The van der Waals surface area contributed by atoms with Crippen molar-refractivity contribution in [3.63, 3.8) is 0 Å². The van der Waals surface area contributed by atoms with Gasteiger partial charge in [0, 0.05) is 14.2 Å². The number of nitrogens with zero attached hydrogens (tertiary/aromatic N) is 1. The molecule has 98 valence electrons. The van der Waals surface area contributed by atoms with Crippen LogP contribution in [0.5, 0.6) is 0 Å². The summed E-state index contributed by atoms with van der Waals surface area (Å²) >= 11 is 5.11. The molecule has 1 aliphatic rings. The summed E-state index contributed by atoms with van der Waals surface area (Å²) in [7, 11) is 3.43. The van der Waals surface area contributed by atoms with Crippen molar-refractivity contribution in [1.29, 1.82) is 0 Å². The van der Waals surface area contributed by atoms with Crippen LogP contribution in [0.25, 0.3) is 0 Å². The van der Waals surface area contributed by atoms with E-state index in [1.165, 1.54) is 0 Å². The van der Waals surface area contributed by atoms with Crippen LogP contribution in [0.1, 0.15) is 32.6 Å². The lowest BCUT2D eigenvalue weighted by molar-refractivity contribution is -0.139. The third-order valence-electron chi connectivity index (χ3n) is 3.73. The molecule has 0 aromatic heterocycles. The van der Waals surface area contributed by atoms with Crippen molar-refractivity contribution in [1.82, 2.24) is 4.90 Å². The zero-order chi connectivity index (χ0) is 13.1. The van der Waals surface area contributed by atoms with Gasteiger partial charge in [0.2, 0.25) is 5.91 Å². The van der Waals surface area contributed by atoms with E-state index in [1.54, 1.807) is 19.1 Å². The second-order valence-electron chi connectivity index (χ2n) is 4.87. The molecule has 0 saturated heterocycles. The normalized spacial score (nSPS) is 19.9. The second-order valence-corrected chi connectivity index (χ2v) is 5.31. The Bertz CT molecular complexity index is 301. The highest BCUT2D eigenvalue weighted by Crippen LogP contribution is 2.40. The fourth-order valence-electron chi connectivity index (χ4n) is 2.43. The van der Waals surface area contributed by atoms with E-state index in [4.69, 9.17) is 22.7 Å². The molecule has 1 atom stereocenters. The monoisotopic (exact) mass is 258 g/mol. The third kappa shape index (κ3) is 2.77. The molecular weight excluding hydrogens is 236 g/mol. The zero-order valence-corrected chi connectivity index (χ0v) is 11.7. The topological polar surface area (TPSA) is 55.6 Å². The predicted octanol–water partition coefficient (Wildman–Crippen LogP) is 1.33. The summed E-state index contributed by atoms with van der Waals surface area (Å²) in [5, 5.41) is 0. The number of nitrogens with two attached hydrogens (primary N) is 1. The van der Waals surface area contributed by atoms with Gasteiger partial charge in [-0.25, -0.2) is 0 Å². The van der Waals surface area contributed by atoms with Crippen molar-refractivity contribution in [3.8, 4) is 0 Å². The van der Waals surface area contributed by atoms with Crippen LogP contribution in [0.15, 0.2) is 0 Å². The van der Waals surface area contributed by atoms with Gasteiger partial charge in [0.15, 0.2) is 0 Å². The Hall–Kier alpha value is -0.680. The van der Waals surface area contributed by atoms with Gasteiger partial charge >= 0.3 is 0 Å².